The monoisotopic (exact) mass is 482 g/mol. The molecule has 3 aliphatic rings. The molecule has 4 heterocycles. The van der Waals surface area contributed by atoms with E-state index in [0.29, 0.717) is 42.3 Å². The minimum absolute atomic E-state index is 0.0242. The van der Waals surface area contributed by atoms with Crippen LogP contribution in [0, 0.1) is 12.8 Å². The Morgan fingerprint density at radius 1 is 1.14 bits per heavy atom. The number of carbonyl (C=O) groups is 2. The third-order valence-corrected chi connectivity index (χ3v) is 7.12. The zero-order chi connectivity index (χ0) is 24.9. The zero-order valence-electron chi connectivity index (χ0n) is 20.6. The van der Waals surface area contributed by atoms with Gasteiger partial charge in [-0.25, -0.2) is 9.97 Å². The highest BCUT2D eigenvalue weighted by molar-refractivity contribution is 5.76. The maximum atomic E-state index is 12.1. The average Bonchev–Trinajstić information content (AvgIpc) is 2.86. The lowest BCUT2D eigenvalue weighted by Gasteiger charge is -2.49. The number of ether oxygens (including phenoxy) is 2. The Bertz CT molecular complexity index is 1080. The van der Waals surface area contributed by atoms with Crippen LogP contribution in [0.15, 0.2) is 24.3 Å². The quantitative estimate of drug-likeness (QED) is 0.531. The fraction of sp³-hybridized carbons (Fsp3) is 0.538. The molecule has 1 aromatic heterocycles. The zero-order valence-corrected chi connectivity index (χ0v) is 20.6. The number of aryl methyl sites for hydroxylation is 1. The summed E-state index contributed by atoms with van der Waals surface area (Å²) >= 11 is 0. The van der Waals surface area contributed by atoms with Crippen molar-refractivity contribution in [2.24, 2.45) is 5.92 Å². The maximum absolute atomic E-state index is 12.1. The fourth-order valence-corrected chi connectivity index (χ4v) is 5.33. The minimum atomic E-state index is -0.867. The maximum Gasteiger partial charge on any atom is 0.303 e. The van der Waals surface area contributed by atoms with Crippen LogP contribution in [-0.2, 0) is 9.59 Å². The molecule has 0 radical (unpaired) electrons. The van der Waals surface area contributed by atoms with Gasteiger partial charge in [-0.2, -0.15) is 0 Å². The lowest BCUT2D eigenvalue weighted by atomic mass is 9.74. The van der Waals surface area contributed by atoms with Crippen LogP contribution in [0.25, 0.3) is 11.3 Å². The van der Waals surface area contributed by atoms with Gasteiger partial charge >= 0.3 is 5.97 Å². The first-order valence-corrected chi connectivity index (χ1v) is 12.2. The third kappa shape index (κ3) is 5.90. The molecule has 2 aromatic rings. The average molecular weight is 483 g/mol. The molecule has 188 valence electrons. The number of aromatic nitrogens is 2. The number of carboxylic acids is 1. The summed E-state index contributed by atoms with van der Waals surface area (Å²) in [6.45, 7) is 4.46. The van der Waals surface area contributed by atoms with Crippen molar-refractivity contribution in [1.29, 1.82) is 0 Å². The van der Waals surface area contributed by atoms with E-state index in [2.05, 4.69) is 21.3 Å². The highest BCUT2D eigenvalue weighted by Crippen LogP contribution is 2.42. The van der Waals surface area contributed by atoms with Crippen LogP contribution in [0.2, 0.25) is 0 Å². The molecule has 0 saturated carbocycles. The second-order valence-electron chi connectivity index (χ2n) is 9.39. The number of fused-ring (bicyclic) bond motifs is 3. The molecule has 4 unspecified atom stereocenters. The van der Waals surface area contributed by atoms with Gasteiger partial charge in [-0.1, -0.05) is 0 Å². The topological polar surface area (TPSA) is 114 Å². The second kappa shape index (κ2) is 11.0. The predicted octanol–water partition coefficient (Wildman–Crippen LogP) is 3.02. The summed E-state index contributed by atoms with van der Waals surface area (Å²) < 4.78 is 10.8. The number of carbonyl (C=O) groups excluding carboxylic acids is 1. The number of rotatable bonds is 10. The molecule has 5 rings (SSSR count). The summed E-state index contributed by atoms with van der Waals surface area (Å²) in [7, 11) is 3.25. The molecule has 0 spiro atoms. The van der Waals surface area contributed by atoms with Crippen LogP contribution in [0.3, 0.4) is 0 Å². The number of amides is 1. The van der Waals surface area contributed by atoms with E-state index in [-0.39, 0.29) is 18.7 Å². The van der Waals surface area contributed by atoms with Crippen molar-refractivity contribution in [3.8, 4) is 22.8 Å². The number of carboxylic acid groups (broad SMARTS) is 1. The Kier molecular flexibility index (Phi) is 7.85. The van der Waals surface area contributed by atoms with Crippen LogP contribution in [-0.4, -0.2) is 71.7 Å². The van der Waals surface area contributed by atoms with Crippen LogP contribution >= 0.6 is 0 Å². The van der Waals surface area contributed by atoms with Gasteiger partial charge < -0.3 is 19.9 Å². The van der Waals surface area contributed by atoms with Gasteiger partial charge in [0.25, 0.3) is 0 Å². The van der Waals surface area contributed by atoms with E-state index in [1.165, 1.54) is 0 Å². The largest absolute Gasteiger partial charge is 0.493 e. The standard InChI is InChI=1S/C26H34N4O5/c1-16-28-21(18-7-8-23(34-2)24(12-18)35-3)13-22(29-16)20-15-30-10-9-17(20)11-19(30)14-27-25(31)5-4-6-26(32)33/h7-8,12-13,17,19-20H,4-6,9-11,14-15H2,1-3H3,(H,27,31)(H,32,33). The number of piperidine rings is 3. The van der Waals surface area contributed by atoms with E-state index < -0.39 is 5.97 Å². The van der Waals surface area contributed by atoms with Crippen molar-refractivity contribution in [1.82, 2.24) is 20.2 Å². The van der Waals surface area contributed by atoms with E-state index in [1.54, 1.807) is 14.2 Å². The Hall–Kier alpha value is -3.20. The molecule has 9 nitrogen and oxygen atoms in total. The Balaban J connectivity index is 1.43. The Morgan fingerprint density at radius 3 is 2.63 bits per heavy atom. The van der Waals surface area contributed by atoms with Crippen LogP contribution in [0.5, 0.6) is 11.5 Å². The number of nitrogens with zero attached hydrogens (tertiary/aromatic N) is 3. The van der Waals surface area contributed by atoms with Gasteiger partial charge in [0.05, 0.1) is 19.9 Å². The number of benzene rings is 1. The lowest BCUT2D eigenvalue weighted by molar-refractivity contribution is -0.137. The van der Waals surface area contributed by atoms with Gasteiger partial charge in [-0.3, -0.25) is 14.5 Å². The van der Waals surface area contributed by atoms with E-state index in [0.717, 1.165) is 48.7 Å². The van der Waals surface area contributed by atoms with Gasteiger partial charge in [0, 0.05) is 49.1 Å². The molecule has 2 N–H and O–H groups in total. The van der Waals surface area contributed by atoms with Crippen molar-refractivity contribution >= 4 is 11.9 Å². The van der Waals surface area contributed by atoms with Gasteiger partial charge in [0.15, 0.2) is 11.5 Å². The Labute approximate surface area is 205 Å². The van der Waals surface area contributed by atoms with Gasteiger partial charge in [0.1, 0.15) is 5.82 Å². The molecule has 3 saturated heterocycles. The Morgan fingerprint density at radius 2 is 1.94 bits per heavy atom. The fourth-order valence-electron chi connectivity index (χ4n) is 5.33. The summed E-state index contributed by atoms with van der Waals surface area (Å²) in [4.78, 5) is 34.7. The summed E-state index contributed by atoms with van der Waals surface area (Å²) in [5.74, 6) is 1.98. The summed E-state index contributed by atoms with van der Waals surface area (Å²) in [6.07, 6.45) is 2.77. The SMILES string of the molecule is COc1ccc(-c2cc(C3CN4CCC3CC4CNC(=O)CCCC(=O)O)nc(C)n2)cc1OC. The lowest BCUT2D eigenvalue weighted by Crippen LogP contribution is -2.56. The number of hydrogen-bond acceptors (Lipinski definition) is 7. The second-order valence-corrected chi connectivity index (χ2v) is 9.39. The summed E-state index contributed by atoms with van der Waals surface area (Å²) in [5, 5.41) is 11.7. The van der Waals surface area contributed by atoms with Crippen LogP contribution < -0.4 is 14.8 Å². The van der Waals surface area contributed by atoms with E-state index in [4.69, 9.17) is 19.6 Å². The van der Waals surface area contributed by atoms with E-state index >= 15 is 0 Å². The van der Waals surface area contributed by atoms with Crippen molar-refractivity contribution in [3.05, 3.63) is 35.8 Å². The van der Waals surface area contributed by atoms with E-state index in [1.807, 2.05) is 25.1 Å². The van der Waals surface area contributed by atoms with E-state index in [9.17, 15) is 9.59 Å². The molecule has 9 heteroatoms. The first-order chi connectivity index (χ1) is 16.9. The number of hydrogen-bond donors (Lipinski definition) is 2. The third-order valence-electron chi connectivity index (χ3n) is 7.12. The molecular formula is C26H34N4O5. The molecule has 3 aliphatic heterocycles. The van der Waals surface area contributed by atoms with Crippen molar-refractivity contribution in [3.63, 3.8) is 0 Å². The van der Waals surface area contributed by atoms with Crippen molar-refractivity contribution < 1.29 is 24.2 Å². The summed E-state index contributed by atoms with van der Waals surface area (Å²) in [5.41, 5.74) is 2.89. The highest BCUT2D eigenvalue weighted by Gasteiger charge is 2.41. The van der Waals surface area contributed by atoms with Crippen LogP contribution in [0.1, 0.15) is 49.5 Å². The van der Waals surface area contributed by atoms with Gasteiger partial charge in [0.2, 0.25) is 5.91 Å². The normalized spacial score (nSPS) is 23.1. The van der Waals surface area contributed by atoms with Gasteiger partial charge in [-0.15, -0.1) is 0 Å². The number of methoxy groups -OCH3 is 2. The highest BCUT2D eigenvalue weighted by atomic mass is 16.5. The summed E-state index contributed by atoms with van der Waals surface area (Å²) in [6, 6.07) is 8.22. The predicted molar refractivity (Wildman–Crippen MR) is 131 cm³/mol. The molecule has 0 aliphatic carbocycles. The molecule has 35 heavy (non-hydrogen) atoms. The van der Waals surface area contributed by atoms with Gasteiger partial charge in [-0.05, 0) is 62.9 Å². The smallest absolute Gasteiger partial charge is 0.303 e. The first-order valence-electron chi connectivity index (χ1n) is 12.2. The van der Waals surface area contributed by atoms with Crippen LogP contribution in [0.4, 0.5) is 0 Å². The minimum Gasteiger partial charge on any atom is -0.493 e. The van der Waals surface area contributed by atoms with Crippen molar-refractivity contribution in [2.45, 2.75) is 51.0 Å². The molecule has 2 bridgehead atoms. The molecular weight excluding hydrogens is 448 g/mol. The van der Waals surface area contributed by atoms with Crippen molar-refractivity contribution in [2.75, 3.05) is 33.9 Å². The first kappa shape index (κ1) is 24.9. The molecule has 3 fully saturated rings. The molecule has 1 aromatic carbocycles. The number of aliphatic carboxylic acids is 1. The molecule has 4 atom stereocenters. The molecule has 1 amide bonds. The number of nitrogens with one attached hydrogen (secondary N) is 1.